The fraction of sp³-hybridized carbons (Fsp3) is 0.258. The quantitative estimate of drug-likeness (QED) is 0.250. The highest BCUT2D eigenvalue weighted by atomic mass is 32.1. The van der Waals surface area contributed by atoms with Crippen LogP contribution in [0.4, 0.5) is 0 Å². The van der Waals surface area contributed by atoms with Crippen molar-refractivity contribution in [2.24, 2.45) is 4.99 Å². The van der Waals surface area contributed by atoms with Gasteiger partial charge in [-0.15, -0.1) is 6.58 Å². The molecule has 6 nitrogen and oxygen atoms in total. The second kappa shape index (κ2) is 10.4. The van der Waals surface area contributed by atoms with Gasteiger partial charge in [0.1, 0.15) is 0 Å². The van der Waals surface area contributed by atoms with Gasteiger partial charge in [0.15, 0.2) is 4.80 Å². The van der Waals surface area contributed by atoms with Crippen molar-refractivity contribution < 1.29 is 9.53 Å². The number of carbonyl (C=O) groups excluding carboxylic acids is 1. The smallest absolute Gasteiger partial charge is 0.338 e. The third-order valence-corrected chi connectivity index (χ3v) is 7.85. The fourth-order valence-corrected chi connectivity index (χ4v) is 6.03. The normalized spacial score (nSPS) is 15.6. The number of nitrogens with zero attached hydrogens (tertiary/aromatic N) is 3. The lowest BCUT2D eigenvalue weighted by Crippen LogP contribution is -2.39. The number of hydrogen-bond acceptors (Lipinski definition) is 5. The van der Waals surface area contributed by atoms with Gasteiger partial charge in [-0.05, 0) is 43.0 Å². The number of thiazole rings is 1. The Morgan fingerprint density at radius 3 is 2.61 bits per heavy atom. The lowest BCUT2D eigenvalue weighted by Gasteiger charge is -2.25. The molecule has 0 amide bonds. The van der Waals surface area contributed by atoms with Gasteiger partial charge in [0.2, 0.25) is 0 Å². The SMILES string of the molecule is C=CCn1cc(/C=c2\sc3n(c2=O)C(c2ccc(C(C)C)cc2)C(C(=O)OCC)=C(C)N=3)c2ccccc21. The Bertz CT molecular complexity index is 1750. The number of aromatic nitrogens is 2. The van der Waals surface area contributed by atoms with E-state index < -0.39 is 12.0 Å². The summed E-state index contributed by atoms with van der Waals surface area (Å²) < 4.78 is 9.73. The summed E-state index contributed by atoms with van der Waals surface area (Å²) >= 11 is 1.34. The van der Waals surface area contributed by atoms with E-state index in [9.17, 15) is 9.59 Å². The van der Waals surface area contributed by atoms with E-state index in [0.717, 1.165) is 22.0 Å². The topological polar surface area (TPSA) is 65.6 Å². The molecule has 0 aliphatic carbocycles. The molecule has 4 aromatic rings. The monoisotopic (exact) mass is 525 g/mol. The zero-order chi connectivity index (χ0) is 27.0. The van der Waals surface area contributed by atoms with Gasteiger partial charge in [-0.3, -0.25) is 9.36 Å². The van der Waals surface area contributed by atoms with Gasteiger partial charge in [0.05, 0.1) is 28.5 Å². The van der Waals surface area contributed by atoms with Crippen molar-refractivity contribution in [3.8, 4) is 0 Å². The molecule has 7 heteroatoms. The van der Waals surface area contributed by atoms with Crippen LogP contribution in [0, 0.1) is 0 Å². The zero-order valence-electron chi connectivity index (χ0n) is 22.1. The summed E-state index contributed by atoms with van der Waals surface area (Å²) in [4.78, 5) is 32.4. The average Bonchev–Trinajstić information content (AvgIpc) is 3.40. The second-order valence-corrected chi connectivity index (χ2v) is 10.7. The molecule has 0 saturated carbocycles. The van der Waals surface area contributed by atoms with Crippen molar-refractivity contribution in [1.29, 1.82) is 0 Å². The maximum absolute atomic E-state index is 14.0. The first-order chi connectivity index (χ1) is 18.3. The Morgan fingerprint density at radius 2 is 1.92 bits per heavy atom. The molecule has 0 saturated heterocycles. The van der Waals surface area contributed by atoms with E-state index >= 15 is 0 Å². The molecule has 5 rings (SSSR count). The fourth-order valence-electron chi connectivity index (χ4n) is 4.99. The van der Waals surface area contributed by atoms with Crippen molar-refractivity contribution >= 4 is 34.3 Å². The first-order valence-corrected chi connectivity index (χ1v) is 13.6. The summed E-state index contributed by atoms with van der Waals surface area (Å²) in [6, 6.07) is 15.6. The lowest BCUT2D eigenvalue weighted by atomic mass is 9.93. The molecule has 0 bridgehead atoms. The number of allylic oxidation sites excluding steroid dienone is 2. The molecule has 1 aliphatic heterocycles. The molecule has 3 heterocycles. The van der Waals surface area contributed by atoms with E-state index in [2.05, 4.69) is 49.3 Å². The summed E-state index contributed by atoms with van der Waals surface area (Å²) in [6.07, 6.45) is 5.82. The molecule has 0 spiro atoms. The number of fused-ring (bicyclic) bond motifs is 2. The van der Waals surface area contributed by atoms with E-state index in [1.165, 1.54) is 16.9 Å². The van der Waals surface area contributed by atoms with Crippen molar-refractivity contribution in [3.63, 3.8) is 0 Å². The minimum absolute atomic E-state index is 0.179. The van der Waals surface area contributed by atoms with Crippen LogP contribution in [0.5, 0.6) is 0 Å². The molecule has 0 fully saturated rings. The van der Waals surface area contributed by atoms with Gasteiger partial charge in [-0.1, -0.05) is 73.7 Å². The Morgan fingerprint density at radius 1 is 1.18 bits per heavy atom. The number of hydrogen-bond donors (Lipinski definition) is 0. The van der Waals surface area contributed by atoms with Crippen molar-refractivity contribution in [2.75, 3.05) is 6.61 Å². The van der Waals surface area contributed by atoms with E-state index in [-0.39, 0.29) is 12.2 Å². The molecule has 194 valence electrons. The van der Waals surface area contributed by atoms with E-state index in [4.69, 9.17) is 9.73 Å². The average molecular weight is 526 g/mol. The highest BCUT2D eigenvalue weighted by molar-refractivity contribution is 7.07. The molecule has 1 atom stereocenters. The van der Waals surface area contributed by atoms with E-state index in [0.29, 0.717) is 33.1 Å². The second-order valence-electron chi connectivity index (χ2n) is 9.67. The molecule has 2 aromatic carbocycles. The predicted octanol–water partition coefficient (Wildman–Crippen LogP) is 5.06. The number of rotatable bonds is 7. The van der Waals surface area contributed by atoms with Crippen LogP contribution in [-0.4, -0.2) is 21.7 Å². The van der Waals surface area contributed by atoms with Gasteiger partial charge in [0, 0.05) is 29.2 Å². The van der Waals surface area contributed by atoms with Crippen LogP contribution in [0.15, 0.2) is 88.4 Å². The summed E-state index contributed by atoms with van der Waals surface area (Å²) in [5, 5.41) is 1.06. The predicted molar refractivity (Wildman–Crippen MR) is 153 cm³/mol. The van der Waals surface area contributed by atoms with Crippen molar-refractivity contribution in [3.05, 3.63) is 115 Å². The van der Waals surface area contributed by atoms with Gasteiger partial charge in [-0.25, -0.2) is 9.79 Å². The Kier molecular flexibility index (Phi) is 7.04. The molecule has 0 radical (unpaired) electrons. The molecule has 0 N–H and O–H groups in total. The van der Waals surface area contributed by atoms with E-state index in [1.807, 2.05) is 49.5 Å². The van der Waals surface area contributed by atoms with Crippen LogP contribution in [0.1, 0.15) is 56.3 Å². The van der Waals surface area contributed by atoms with Crippen LogP contribution in [-0.2, 0) is 16.1 Å². The maximum Gasteiger partial charge on any atom is 0.338 e. The van der Waals surface area contributed by atoms with Crippen LogP contribution in [0.25, 0.3) is 17.0 Å². The van der Waals surface area contributed by atoms with Crippen LogP contribution in [0.3, 0.4) is 0 Å². The van der Waals surface area contributed by atoms with Crippen LogP contribution < -0.4 is 14.9 Å². The highest BCUT2D eigenvalue weighted by Crippen LogP contribution is 2.31. The van der Waals surface area contributed by atoms with Gasteiger partial charge in [-0.2, -0.15) is 0 Å². The number of esters is 1. The molecular weight excluding hydrogens is 494 g/mol. The maximum atomic E-state index is 14.0. The summed E-state index contributed by atoms with van der Waals surface area (Å²) in [5.41, 5.74) is 4.85. The summed E-state index contributed by atoms with van der Waals surface area (Å²) in [5.74, 6) is -0.0791. The Hall–Kier alpha value is -3.97. The molecule has 1 unspecified atom stereocenters. The van der Waals surface area contributed by atoms with Crippen LogP contribution in [0.2, 0.25) is 0 Å². The zero-order valence-corrected chi connectivity index (χ0v) is 22.9. The number of benzene rings is 2. The largest absolute Gasteiger partial charge is 0.463 e. The lowest BCUT2D eigenvalue weighted by molar-refractivity contribution is -0.139. The Balaban J connectivity index is 1.72. The molecule has 1 aliphatic rings. The number of ether oxygens (including phenoxy) is 1. The highest BCUT2D eigenvalue weighted by Gasteiger charge is 2.33. The van der Waals surface area contributed by atoms with Gasteiger partial charge in [0.25, 0.3) is 5.56 Å². The van der Waals surface area contributed by atoms with Crippen molar-refractivity contribution in [1.82, 2.24) is 9.13 Å². The molecule has 2 aromatic heterocycles. The summed E-state index contributed by atoms with van der Waals surface area (Å²) in [7, 11) is 0. The molecular formula is C31H31N3O3S. The first-order valence-electron chi connectivity index (χ1n) is 12.8. The molecule has 38 heavy (non-hydrogen) atoms. The third-order valence-electron chi connectivity index (χ3n) is 6.87. The number of carbonyl (C=O) groups is 1. The standard InChI is InChI=1S/C31H31N3O3S/c1-6-16-33-18-23(24-10-8-9-11-25(24)33)17-26-29(35)34-28(22-14-12-21(13-15-22)19(3)4)27(30(36)37-7-2)20(5)32-31(34)38-26/h6,8-15,17-19,28H,1,7,16H2,2-5H3/b26-17-. The Labute approximate surface area is 225 Å². The minimum atomic E-state index is -0.615. The van der Waals surface area contributed by atoms with Gasteiger partial charge >= 0.3 is 5.97 Å². The summed E-state index contributed by atoms with van der Waals surface area (Å²) in [6.45, 7) is 12.6. The minimum Gasteiger partial charge on any atom is -0.463 e. The third kappa shape index (κ3) is 4.47. The van der Waals surface area contributed by atoms with E-state index in [1.54, 1.807) is 11.5 Å². The number of para-hydroxylation sites is 1. The first kappa shape index (κ1) is 25.7. The van der Waals surface area contributed by atoms with Gasteiger partial charge < -0.3 is 9.30 Å². The van der Waals surface area contributed by atoms with Crippen molar-refractivity contribution in [2.45, 2.75) is 46.2 Å². The van der Waals surface area contributed by atoms with Crippen LogP contribution >= 0.6 is 11.3 Å².